The Kier molecular flexibility index (Phi) is 9.46. The van der Waals surface area contributed by atoms with Gasteiger partial charge in [-0.15, -0.1) is 0 Å². The summed E-state index contributed by atoms with van der Waals surface area (Å²) in [6.07, 6.45) is 0.434. The maximum Gasteiger partial charge on any atom is 0.327 e. The second kappa shape index (κ2) is 11.8. The van der Waals surface area contributed by atoms with E-state index in [4.69, 9.17) is 0 Å². The molecule has 1 amide bonds. The van der Waals surface area contributed by atoms with E-state index in [-0.39, 0.29) is 23.3 Å². The first-order chi connectivity index (χ1) is 14.3. The first-order valence-electron chi connectivity index (χ1n) is 9.68. The fraction of sp³-hybridized carbons (Fsp3) is 0.348. The average molecular weight is 446 g/mol. The molecule has 0 bridgehead atoms. The molecule has 5 nitrogen and oxygen atoms in total. The van der Waals surface area contributed by atoms with Crippen LogP contribution in [-0.2, 0) is 27.3 Å². The van der Waals surface area contributed by atoms with Crippen molar-refractivity contribution in [2.75, 3.05) is 11.5 Å². The van der Waals surface area contributed by atoms with Gasteiger partial charge in [0.15, 0.2) is 5.12 Å². The molecule has 30 heavy (non-hydrogen) atoms. The summed E-state index contributed by atoms with van der Waals surface area (Å²) in [4.78, 5) is 38.3. The number of hydrogen-bond donors (Lipinski definition) is 2. The molecule has 0 radical (unpaired) electrons. The van der Waals surface area contributed by atoms with Crippen molar-refractivity contribution in [2.24, 2.45) is 5.92 Å². The van der Waals surface area contributed by atoms with Gasteiger partial charge < -0.3 is 10.0 Å². The minimum Gasteiger partial charge on any atom is -0.480 e. The summed E-state index contributed by atoms with van der Waals surface area (Å²) in [7, 11) is 0. The predicted molar refractivity (Wildman–Crippen MR) is 124 cm³/mol. The van der Waals surface area contributed by atoms with Crippen LogP contribution in [0.2, 0.25) is 0 Å². The standard InChI is InChI=1S/C23H27NO4S2/c1-16-8-10-19(11-9-16)13-24(21(14-29)23(27)28)22(26)20(15-30-17(2)25)12-18-6-4-3-5-7-18/h3-11,20-21,29H,12-15H2,1-2H3,(H,27,28)/t20-,21+/m1/s1. The number of rotatable bonds is 10. The van der Waals surface area contributed by atoms with E-state index in [2.05, 4.69) is 12.6 Å². The third-order valence-electron chi connectivity index (χ3n) is 4.75. The number of nitrogens with zero attached hydrogens (tertiary/aromatic N) is 1. The van der Waals surface area contributed by atoms with Crippen LogP contribution < -0.4 is 0 Å². The molecule has 160 valence electrons. The molecule has 0 aliphatic carbocycles. The summed E-state index contributed by atoms with van der Waals surface area (Å²) in [5.74, 6) is -1.59. The molecule has 0 aliphatic heterocycles. The van der Waals surface area contributed by atoms with Crippen molar-refractivity contribution in [3.05, 3.63) is 71.3 Å². The van der Waals surface area contributed by atoms with Gasteiger partial charge in [-0.3, -0.25) is 9.59 Å². The van der Waals surface area contributed by atoms with E-state index in [1.54, 1.807) is 0 Å². The summed E-state index contributed by atoms with van der Waals surface area (Å²) >= 11 is 5.28. The molecular weight excluding hydrogens is 418 g/mol. The maximum absolute atomic E-state index is 13.5. The van der Waals surface area contributed by atoms with Gasteiger partial charge in [0.25, 0.3) is 0 Å². The van der Waals surface area contributed by atoms with Crippen LogP contribution in [0.15, 0.2) is 54.6 Å². The molecular formula is C23H27NO4S2. The first-order valence-corrected chi connectivity index (χ1v) is 11.3. The topological polar surface area (TPSA) is 74.7 Å². The highest BCUT2D eigenvalue weighted by atomic mass is 32.2. The lowest BCUT2D eigenvalue weighted by atomic mass is 9.98. The quantitative estimate of drug-likeness (QED) is 0.544. The van der Waals surface area contributed by atoms with Crippen LogP contribution in [0.4, 0.5) is 0 Å². The summed E-state index contributed by atoms with van der Waals surface area (Å²) in [5, 5.41) is 9.63. The predicted octanol–water partition coefficient (Wildman–Crippen LogP) is 3.85. The molecule has 0 aliphatic rings. The van der Waals surface area contributed by atoms with Crippen molar-refractivity contribution in [3.8, 4) is 0 Å². The van der Waals surface area contributed by atoms with Gasteiger partial charge in [0, 0.05) is 25.0 Å². The number of aliphatic carboxylic acids is 1. The highest BCUT2D eigenvalue weighted by molar-refractivity contribution is 8.13. The van der Waals surface area contributed by atoms with Gasteiger partial charge in [0.1, 0.15) is 6.04 Å². The van der Waals surface area contributed by atoms with Crippen molar-refractivity contribution in [2.45, 2.75) is 32.9 Å². The molecule has 2 aromatic rings. The Morgan fingerprint density at radius 2 is 1.67 bits per heavy atom. The number of carbonyl (C=O) groups excluding carboxylic acids is 2. The molecule has 1 N–H and O–H groups in total. The molecule has 0 aromatic heterocycles. The van der Waals surface area contributed by atoms with Gasteiger partial charge in [-0.05, 0) is 24.5 Å². The number of benzene rings is 2. The summed E-state index contributed by atoms with van der Waals surface area (Å²) in [6.45, 7) is 3.61. The Labute approximate surface area is 187 Å². The number of carbonyl (C=O) groups is 3. The molecule has 7 heteroatoms. The van der Waals surface area contributed by atoms with Crippen LogP contribution in [0.25, 0.3) is 0 Å². The van der Waals surface area contributed by atoms with Crippen LogP contribution in [-0.4, -0.2) is 44.5 Å². The van der Waals surface area contributed by atoms with Crippen molar-refractivity contribution >= 4 is 41.4 Å². The van der Waals surface area contributed by atoms with E-state index < -0.39 is 17.9 Å². The number of hydrogen-bond acceptors (Lipinski definition) is 5. The summed E-state index contributed by atoms with van der Waals surface area (Å²) in [6, 6.07) is 16.1. The van der Waals surface area contributed by atoms with E-state index in [0.717, 1.165) is 28.5 Å². The van der Waals surface area contributed by atoms with E-state index >= 15 is 0 Å². The van der Waals surface area contributed by atoms with Crippen molar-refractivity contribution in [1.82, 2.24) is 4.90 Å². The van der Waals surface area contributed by atoms with Gasteiger partial charge in [-0.1, -0.05) is 71.9 Å². The zero-order chi connectivity index (χ0) is 22.1. The minimum absolute atomic E-state index is 0.00480. The van der Waals surface area contributed by atoms with Crippen LogP contribution in [0.5, 0.6) is 0 Å². The Morgan fingerprint density at radius 3 is 2.20 bits per heavy atom. The second-order valence-corrected chi connectivity index (χ2v) is 8.74. The molecule has 0 spiro atoms. The number of carboxylic acid groups (broad SMARTS) is 1. The van der Waals surface area contributed by atoms with Crippen LogP contribution >= 0.6 is 24.4 Å². The number of aryl methyl sites for hydroxylation is 1. The number of thiol groups is 1. The minimum atomic E-state index is -1.09. The third kappa shape index (κ3) is 7.22. The molecule has 2 rings (SSSR count). The van der Waals surface area contributed by atoms with Gasteiger partial charge >= 0.3 is 5.97 Å². The zero-order valence-corrected chi connectivity index (χ0v) is 18.9. The number of thioether (sulfide) groups is 1. The maximum atomic E-state index is 13.5. The van der Waals surface area contributed by atoms with Gasteiger partial charge in [-0.2, -0.15) is 12.6 Å². The Hall–Kier alpha value is -2.25. The Morgan fingerprint density at radius 1 is 1.03 bits per heavy atom. The molecule has 0 heterocycles. The summed E-state index contributed by atoms with van der Waals surface area (Å²) < 4.78 is 0. The third-order valence-corrected chi connectivity index (χ3v) is 6.07. The molecule has 0 unspecified atom stereocenters. The van der Waals surface area contributed by atoms with Gasteiger partial charge in [-0.25, -0.2) is 4.79 Å². The first kappa shape index (κ1) is 24.0. The SMILES string of the molecule is CC(=O)SC[C@@H](Cc1ccccc1)C(=O)N(Cc1ccc(C)cc1)[C@@H](CS)C(=O)O. The number of amides is 1. The van der Waals surface area contributed by atoms with E-state index in [1.165, 1.54) is 11.8 Å². The molecule has 2 atom stereocenters. The lowest BCUT2D eigenvalue weighted by molar-refractivity contribution is -0.151. The fourth-order valence-corrected chi connectivity index (χ4v) is 4.16. The van der Waals surface area contributed by atoms with Crippen molar-refractivity contribution < 1.29 is 19.5 Å². The normalized spacial score (nSPS) is 12.8. The fourth-order valence-electron chi connectivity index (χ4n) is 3.11. The van der Waals surface area contributed by atoms with E-state index in [9.17, 15) is 19.5 Å². The summed E-state index contributed by atoms with van der Waals surface area (Å²) in [5.41, 5.74) is 2.90. The van der Waals surface area contributed by atoms with E-state index in [1.807, 2.05) is 61.5 Å². The van der Waals surface area contributed by atoms with Gasteiger partial charge in [0.2, 0.25) is 5.91 Å². The van der Waals surface area contributed by atoms with Gasteiger partial charge in [0.05, 0.1) is 5.92 Å². The molecule has 0 saturated carbocycles. The Balaban J connectivity index is 2.34. The highest BCUT2D eigenvalue weighted by Crippen LogP contribution is 2.22. The zero-order valence-electron chi connectivity index (χ0n) is 17.2. The van der Waals surface area contributed by atoms with Crippen molar-refractivity contribution in [3.63, 3.8) is 0 Å². The molecule has 0 fully saturated rings. The lowest BCUT2D eigenvalue weighted by Crippen LogP contribution is -2.49. The monoisotopic (exact) mass is 445 g/mol. The molecule has 0 saturated heterocycles. The van der Waals surface area contributed by atoms with Crippen LogP contribution in [0.3, 0.4) is 0 Å². The largest absolute Gasteiger partial charge is 0.480 e. The van der Waals surface area contributed by atoms with Crippen LogP contribution in [0, 0.1) is 12.8 Å². The second-order valence-electron chi connectivity index (χ2n) is 7.18. The molecule has 2 aromatic carbocycles. The average Bonchev–Trinajstić information content (AvgIpc) is 2.72. The lowest BCUT2D eigenvalue weighted by Gasteiger charge is -2.31. The van der Waals surface area contributed by atoms with Crippen molar-refractivity contribution in [1.29, 1.82) is 0 Å². The highest BCUT2D eigenvalue weighted by Gasteiger charge is 2.33. The smallest absolute Gasteiger partial charge is 0.327 e. The van der Waals surface area contributed by atoms with Crippen LogP contribution in [0.1, 0.15) is 23.6 Å². The van der Waals surface area contributed by atoms with E-state index in [0.29, 0.717) is 12.2 Å². The Bertz CT molecular complexity index is 855. The number of carboxylic acids is 1.